The fraction of sp³-hybridized carbons (Fsp3) is 0.385. The van der Waals surface area contributed by atoms with Crippen LogP contribution in [0.4, 0.5) is 0 Å². The van der Waals surface area contributed by atoms with E-state index in [0.29, 0.717) is 5.75 Å². The maximum atomic E-state index is 11.8. The highest BCUT2D eigenvalue weighted by Crippen LogP contribution is 2.09. The van der Waals surface area contributed by atoms with Gasteiger partial charge in [-0.3, -0.25) is 4.21 Å². The summed E-state index contributed by atoms with van der Waals surface area (Å²) < 4.78 is 11.8. The second kappa shape index (κ2) is 5.86. The molecule has 0 bridgehead atoms. The molecular formula is C13H18OS. The van der Waals surface area contributed by atoms with E-state index in [1.165, 1.54) is 11.1 Å². The minimum Gasteiger partial charge on any atom is -0.254 e. The number of hydrogen-bond donors (Lipinski definition) is 0. The van der Waals surface area contributed by atoms with E-state index in [-0.39, 0.29) is 0 Å². The topological polar surface area (TPSA) is 17.1 Å². The van der Waals surface area contributed by atoms with Gasteiger partial charge < -0.3 is 0 Å². The molecule has 0 aliphatic rings. The van der Waals surface area contributed by atoms with Gasteiger partial charge in [-0.1, -0.05) is 29.3 Å². The van der Waals surface area contributed by atoms with Crippen molar-refractivity contribution in [1.29, 1.82) is 0 Å². The van der Waals surface area contributed by atoms with Crippen LogP contribution in [0.3, 0.4) is 0 Å². The summed E-state index contributed by atoms with van der Waals surface area (Å²) in [5.74, 6) is 0.717. The highest BCUT2D eigenvalue weighted by molar-refractivity contribution is 7.85. The normalized spacial score (nSPS) is 12.2. The lowest BCUT2D eigenvalue weighted by Gasteiger charge is -2.01. The molecule has 1 atom stereocenters. The summed E-state index contributed by atoms with van der Waals surface area (Å²) in [6.45, 7) is 6.17. The SMILES string of the molecule is CC(C)=CCC[S@@](=O)c1ccc(C)cc1. The van der Waals surface area contributed by atoms with Crippen LogP contribution in [0.15, 0.2) is 40.8 Å². The van der Waals surface area contributed by atoms with Gasteiger partial charge in [0, 0.05) is 10.6 Å². The molecule has 0 saturated heterocycles. The summed E-state index contributed by atoms with van der Waals surface area (Å²) in [7, 11) is -0.853. The molecule has 0 saturated carbocycles. The van der Waals surface area contributed by atoms with Crippen molar-refractivity contribution in [2.45, 2.75) is 32.1 Å². The molecule has 0 unspecified atom stereocenters. The molecule has 0 aromatic heterocycles. The van der Waals surface area contributed by atoms with E-state index in [4.69, 9.17) is 0 Å². The van der Waals surface area contributed by atoms with Crippen LogP contribution in [0, 0.1) is 6.92 Å². The van der Waals surface area contributed by atoms with Crippen molar-refractivity contribution in [3.8, 4) is 0 Å². The molecule has 0 fully saturated rings. The van der Waals surface area contributed by atoms with Crippen LogP contribution in [0.5, 0.6) is 0 Å². The highest BCUT2D eigenvalue weighted by Gasteiger charge is 2.01. The number of rotatable bonds is 4. The Hall–Kier alpha value is -0.890. The number of benzene rings is 1. The predicted molar refractivity (Wildman–Crippen MR) is 66.5 cm³/mol. The first-order valence-corrected chi connectivity index (χ1v) is 6.50. The summed E-state index contributed by atoms with van der Waals surface area (Å²) in [5.41, 5.74) is 2.50. The molecule has 82 valence electrons. The van der Waals surface area contributed by atoms with E-state index >= 15 is 0 Å². The van der Waals surface area contributed by atoms with Gasteiger partial charge in [0.2, 0.25) is 0 Å². The van der Waals surface area contributed by atoms with E-state index in [1.54, 1.807) is 0 Å². The smallest absolute Gasteiger partial charge is 0.0532 e. The molecule has 1 aromatic carbocycles. The maximum Gasteiger partial charge on any atom is 0.0532 e. The lowest BCUT2D eigenvalue weighted by atomic mass is 10.2. The minimum atomic E-state index is -0.853. The molecule has 0 spiro atoms. The fourth-order valence-corrected chi connectivity index (χ4v) is 2.27. The van der Waals surface area contributed by atoms with Crippen molar-refractivity contribution < 1.29 is 4.21 Å². The Bertz CT molecular complexity index is 359. The molecule has 0 heterocycles. The Morgan fingerprint density at radius 1 is 1.27 bits per heavy atom. The Balaban J connectivity index is 2.54. The molecule has 0 radical (unpaired) electrons. The van der Waals surface area contributed by atoms with Gasteiger partial charge >= 0.3 is 0 Å². The van der Waals surface area contributed by atoms with Gasteiger partial charge in [0.15, 0.2) is 0 Å². The first-order chi connectivity index (χ1) is 7.09. The van der Waals surface area contributed by atoms with Crippen molar-refractivity contribution in [1.82, 2.24) is 0 Å². The fourth-order valence-electron chi connectivity index (χ4n) is 1.26. The van der Waals surface area contributed by atoms with Gasteiger partial charge in [0.1, 0.15) is 0 Å². The second-order valence-electron chi connectivity index (χ2n) is 3.93. The van der Waals surface area contributed by atoms with E-state index in [1.807, 2.05) is 31.2 Å². The molecule has 0 N–H and O–H groups in total. The summed E-state index contributed by atoms with van der Waals surface area (Å²) in [5, 5.41) is 0. The summed E-state index contributed by atoms with van der Waals surface area (Å²) in [6, 6.07) is 7.92. The average molecular weight is 222 g/mol. The van der Waals surface area contributed by atoms with Crippen LogP contribution in [-0.2, 0) is 10.8 Å². The Labute approximate surface area is 94.7 Å². The zero-order valence-electron chi connectivity index (χ0n) is 9.62. The highest BCUT2D eigenvalue weighted by atomic mass is 32.2. The lowest BCUT2D eigenvalue weighted by molar-refractivity contribution is 0.682. The molecule has 0 aliphatic carbocycles. The summed E-state index contributed by atoms with van der Waals surface area (Å²) in [4.78, 5) is 0.933. The van der Waals surface area contributed by atoms with Gasteiger partial charge in [-0.05, 0) is 39.3 Å². The van der Waals surface area contributed by atoms with Crippen LogP contribution in [0.2, 0.25) is 0 Å². The molecule has 1 nitrogen and oxygen atoms in total. The molecular weight excluding hydrogens is 204 g/mol. The molecule has 0 aliphatic heterocycles. The van der Waals surface area contributed by atoms with Gasteiger partial charge in [-0.2, -0.15) is 0 Å². The van der Waals surface area contributed by atoms with Gasteiger partial charge in [-0.15, -0.1) is 0 Å². The van der Waals surface area contributed by atoms with Crippen LogP contribution in [0.1, 0.15) is 25.8 Å². The summed E-state index contributed by atoms with van der Waals surface area (Å²) in [6.07, 6.45) is 3.02. The number of aryl methyl sites for hydroxylation is 1. The molecule has 2 heteroatoms. The van der Waals surface area contributed by atoms with Gasteiger partial charge in [-0.25, -0.2) is 0 Å². The van der Waals surface area contributed by atoms with Gasteiger partial charge in [0.05, 0.1) is 10.8 Å². The first kappa shape index (κ1) is 12.2. The van der Waals surface area contributed by atoms with E-state index in [2.05, 4.69) is 19.9 Å². The Morgan fingerprint density at radius 3 is 2.40 bits per heavy atom. The number of allylic oxidation sites excluding steroid dienone is 2. The lowest BCUT2D eigenvalue weighted by Crippen LogP contribution is -1.97. The first-order valence-electron chi connectivity index (χ1n) is 5.18. The zero-order chi connectivity index (χ0) is 11.3. The van der Waals surface area contributed by atoms with Crippen LogP contribution in [0.25, 0.3) is 0 Å². The third kappa shape index (κ3) is 4.43. The van der Waals surface area contributed by atoms with Crippen molar-refractivity contribution in [2.75, 3.05) is 5.75 Å². The van der Waals surface area contributed by atoms with Crippen molar-refractivity contribution >= 4 is 10.8 Å². The van der Waals surface area contributed by atoms with Crippen LogP contribution < -0.4 is 0 Å². The molecule has 1 rings (SSSR count). The van der Waals surface area contributed by atoms with E-state index < -0.39 is 10.8 Å². The van der Waals surface area contributed by atoms with Crippen molar-refractivity contribution in [3.05, 3.63) is 41.5 Å². The third-order valence-corrected chi connectivity index (χ3v) is 3.54. The van der Waals surface area contributed by atoms with E-state index in [0.717, 1.165) is 11.3 Å². The minimum absolute atomic E-state index is 0.717. The predicted octanol–water partition coefficient (Wildman–Crippen LogP) is 3.46. The maximum absolute atomic E-state index is 11.8. The quantitative estimate of drug-likeness (QED) is 0.713. The number of hydrogen-bond acceptors (Lipinski definition) is 1. The summed E-state index contributed by atoms with van der Waals surface area (Å²) >= 11 is 0. The van der Waals surface area contributed by atoms with Crippen molar-refractivity contribution in [2.24, 2.45) is 0 Å². The standard InChI is InChI=1S/C13H18OS/c1-11(2)5-4-10-15(14)13-8-6-12(3)7-9-13/h5-9H,4,10H2,1-3H3/t15-/m1/s1. The largest absolute Gasteiger partial charge is 0.254 e. The van der Waals surface area contributed by atoms with Crippen LogP contribution in [-0.4, -0.2) is 9.96 Å². The molecule has 1 aromatic rings. The van der Waals surface area contributed by atoms with Gasteiger partial charge in [0.25, 0.3) is 0 Å². The Morgan fingerprint density at radius 2 is 1.87 bits per heavy atom. The Kier molecular flexibility index (Phi) is 4.76. The van der Waals surface area contributed by atoms with Crippen LogP contribution >= 0.6 is 0 Å². The molecule has 15 heavy (non-hydrogen) atoms. The average Bonchev–Trinajstić information content (AvgIpc) is 2.18. The zero-order valence-corrected chi connectivity index (χ0v) is 10.4. The third-order valence-electron chi connectivity index (χ3n) is 2.14. The van der Waals surface area contributed by atoms with Crippen molar-refractivity contribution in [3.63, 3.8) is 0 Å². The monoisotopic (exact) mass is 222 g/mol. The second-order valence-corrected chi connectivity index (χ2v) is 5.50. The van der Waals surface area contributed by atoms with E-state index in [9.17, 15) is 4.21 Å². The molecule has 0 amide bonds.